The fourth-order valence-corrected chi connectivity index (χ4v) is 1.57. The lowest BCUT2D eigenvalue weighted by Crippen LogP contribution is -1.99. The molecule has 1 aromatic carbocycles. The van der Waals surface area contributed by atoms with Crippen LogP contribution in [0, 0.1) is 17.0 Å². The summed E-state index contributed by atoms with van der Waals surface area (Å²) >= 11 is 5.74. The summed E-state index contributed by atoms with van der Waals surface area (Å²) in [5.41, 5.74) is 0.438. The van der Waals surface area contributed by atoms with E-state index >= 15 is 0 Å². The number of nitrogens with zero attached hydrogens (tertiary/aromatic N) is 1. The van der Waals surface area contributed by atoms with Crippen molar-refractivity contribution in [1.29, 1.82) is 0 Å². The summed E-state index contributed by atoms with van der Waals surface area (Å²) in [5.74, 6) is -0.280. The highest BCUT2D eigenvalue weighted by atomic mass is 35.5. The van der Waals surface area contributed by atoms with E-state index in [2.05, 4.69) is 0 Å². The number of hydrogen-bond acceptors (Lipinski definition) is 3. The number of benzene rings is 1. The maximum absolute atomic E-state index is 11.0. The van der Waals surface area contributed by atoms with Gasteiger partial charge in [0.25, 0.3) is 5.69 Å². The largest absolute Gasteiger partial charge is 0.294 e. The maximum Gasteiger partial charge on any atom is 0.291 e. The summed E-state index contributed by atoms with van der Waals surface area (Å²) in [5, 5.41) is 10.5. The third-order valence-electron chi connectivity index (χ3n) is 1.88. The topological polar surface area (TPSA) is 60.2 Å². The molecule has 0 amide bonds. The van der Waals surface area contributed by atoms with Crippen LogP contribution < -0.4 is 0 Å². The van der Waals surface area contributed by atoms with E-state index in [-0.39, 0.29) is 22.1 Å². The van der Waals surface area contributed by atoms with Crippen molar-refractivity contribution >= 4 is 23.1 Å². The highest BCUT2D eigenvalue weighted by Crippen LogP contribution is 2.31. The quantitative estimate of drug-likeness (QED) is 0.431. The minimum atomic E-state index is -0.579. The molecule has 0 atom stereocenters. The van der Waals surface area contributed by atoms with Gasteiger partial charge in [0.1, 0.15) is 5.02 Å². The predicted octanol–water partition coefficient (Wildman–Crippen LogP) is 2.76. The zero-order valence-corrected chi connectivity index (χ0v) is 8.46. The number of carbonyl (C=O) groups is 1. The Morgan fingerprint density at radius 1 is 1.50 bits per heavy atom. The first-order valence-corrected chi connectivity index (χ1v) is 4.27. The second kappa shape index (κ2) is 3.75. The van der Waals surface area contributed by atoms with Gasteiger partial charge in [-0.2, -0.15) is 0 Å². The first-order chi connectivity index (χ1) is 6.45. The van der Waals surface area contributed by atoms with Crippen molar-refractivity contribution in [3.05, 3.63) is 38.4 Å². The lowest BCUT2D eigenvalue weighted by atomic mass is 10.1. The molecule has 5 heteroatoms. The summed E-state index contributed by atoms with van der Waals surface area (Å²) in [6.07, 6.45) is 0. The van der Waals surface area contributed by atoms with Crippen LogP contribution in [-0.4, -0.2) is 10.7 Å². The van der Waals surface area contributed by atoms with Crippen LogP contribution in [0.15, 0.2) is 12.1 Å². The summed E-state index contributed by atoms with van der Waals surface area (Å²) in [6, 6.07) is 3.01. The Labute approximate surface area is 85.6 Å². The summed E-state index contributed by atoms with van der Waals surface area (Å²) in [4.78, 5) is 21.1. The molecular weight excluding hydrogens is 206 g/mol. The van der Waals surface area contributed by atoms with Gasteiger partial charge in [-0.15, -0.1) is 0 Å². The van der Waals surface area contributed by atoms with Crippen LogP contribution in [0.5, 0.6) is 0 Å². The summed E-state index contributed by atoms with van der Waals surface area (Å²) < 4.78 is 0. The molecule has 0 saturated carbocycles. The van der Waals surface area contributed by atoms with E-state index in [9.17, 15) is 14.9 Å². The van der Waals surface area contributed by atoms with Gasteiger partial charge in [0.2, 0.25) is 0 Å². The fraction of sp³-hybridized carbons (Fsp3) is 0.222. The van der Waals surface area contributed by atoms with Gasteiger partial charge in [0.15, 0.2) is 5.78 Å². The van der Waals surface area contributed by atoms with Gasteiger partial charge in [-0.25, -0.2) is 0 Å². The molecule has 1 aromatic rings. The lowest BCUT2D eigenvalue weighted by molar-refractivity contribution is -0.385. The molecule has 0 radical (unpaired) electrons. The Balaban J connectivity index is 3.49. The Kier molecular flexibility index (Phi) is 2.86. The average Bonchev–Trinajstić information content (AvgIpc) is 2.02. The molecule has 74 valence electrons. The van der Waals surface area contributed by atoms with Crippen molar-refractivity contribution in [1.82, 2.24) is 0 Å². The van der Waals surface area contributed by atoms with Crippen LogP contribution in [0.3, 0.4) is 0 Å². The van der Waals surface area contributed by atoms with Crippen molar-refractivity contribution in [3.8, 4) is 0 Å². The minimum absolute atomic E-state index is 0.0810. The van der Waals surface area contributed by atoms with E-state index in [4.69, 9.17) is 11.6 Å². The van der Waals surface area contributed by atoms with Gasteiger partial charge in [-0.05, 0) is 19.9 Å². The number of carbonyl (C=O) groups excluding carboxylic acids is 1. The fourth-order valence-electron chi connectivity index (χ4n) is 1.16. The van der Waals surface area contributed by atoms with Gasteiger partial charge in [-0.3, -0.25) is 14.9 Å². The Morgan fingerprint density at radius 2 is 2.07 bits per heavy atom. The van der Waals surface area contributed by atoms with Crippen molar-refractivity contribution in [2.75, 3.05) is 0 Å². The standard InChI is InChI=1S/C9H8ClNO3/c1-5-3-4-7(6(2)12)8(10)9(5)11(13)14/h3-4H,1-2H3. The van der Waals surface area contributed by atoms with Crippen LogP contribution in [0.25, 0.3) is 0 Å². The molecule has 0 saturated heterocycles. The van der Waals surface area contributed by atoms with Gasteiger partial charge in [-0.1, -0.05) is 17.7 Å². The lowest BCUT2D eigenvalue weighted by Gasteiger charge is -2.03. The second-order valence-electron chi connectivity index (χ2n) is 2.91. The molecule has 1 rings (SSSR count). The van der Waals surface area contributed by atoms with Gasteiger partial charge >= 0.3 is 0 Å². The molecule has 0 fully saturated rings. The van der Waals surface area contributed by atoms with Crippen molar-refractivity contribution in [2.45, 2.75) is 13.8 Å². The second-order valence-corrected chi connectivity index (χ2v) is 3.28. The zero-order valence-electron chi connectivity index (χ0n) is 7.70. The SMILES string of the molecule is CC(=O)c1ccc(C)c([N+](=O)[O-])c1Cl. The molecule has 0 aliphatic rings. The van der Waals surface area contributed by atoms with E-state index in [1.54, 1.807) is 6.92 Å². The first kappa shape index (κ1) is 10.7. The predicted molar refractivity (Wildman–Crippen MR) is 52.8 cm³/mol. The summed E-state index contributed by atoms with van der Waals surface area (Å²) in [7, 11) is 0. The number of nitro groups is 1. The maximum atomic E-state index is 11.0. The number of ketones is 1. The minimum Gasteiger partial charge on any atom is -0.294 e. The van der Waals surface area contributed by atoms with E-state index in [1.165, 1.54) is 19.1 Å². The van der Waals surface area contributed by atoms with Crippen LogP contribution in [0.1, 0.15) is 22.8 Å². The van der Waals surface area contributed by atoms with Gasteiger partial charge in [0.05, 0.1) is 4.92 Å². The molecule has 0 unspecified atom stereocenters. The van der Waals surface area contributed by atoms with Crippen LogP contribution in [-0.2, 0) is 0 Å². The van der Waals surface area contributed by atoms with E-state index in [0.717, 1.165) is 0 Å². The Morgan fingerprint density at radius 3 is 2.50 bits per heavy atom. The van der Waals surface area contributed by atoms with Gasteiger partial charge in [0, 0.05) is 11.1 Å². The first-order valence-electron chi connectivity index (χ1n) is 3.89. The highest BCUT2D eigenvalue weighted by molar-refractivity contribution is 6.36. The van der Waals surface area contributed by atoms with E-state index in [1.807, 2.05) is 0 Å². The number of nitro benzene ring substituents is 1. The molecule has 14 heavy (non-hydrogen) atoms. The molecule has 0 aliphatic carbocycles. The van der Waals surface area contributed by atoms with Crippen LogP contribution >= 0.6 is 11.6 Å². The number of Topliss-reactive ketones (excluding diaryl/α,β-unsaturated/α-hetero) is 1. The zero-order chi connectivity index (χ0) is 10.9. The average molecular weight is 214 g/mol. The summed E-state index contributed by atoms with van der Waals surface area (Å²) in [6.45, 7) is 2.90. The van der Waals surface area contributed by atoms with Crippen LogP contribution in [0.2, 0.25) is 5.02 Å². The van der Waals surface area contributed by atoms with Crippen LogP contribution in [0.4, 0.5) is 5.69 Å². The third-order valence-corrected chi connectivity index (χ3v) is 2.26. The van der Waals surface area contributed by atoms with Crippen molar-refractivity contribution in [2.24, 2.45) is 0 Å². The number of hydrogen-bond donors (Lipinski definition) is 0. The van der Waals surface area contributed by atoms with Crippen molar-refractivity contribution in [3.63, 3.8) is 0 Å². The molecular formula is C9H8ClNO3. The van der Waals surface area contributed by atoms with E-state index in [0.29, 0.717) is 5.56 Å². The smallest absolute Gasteiger partial charge is 0.291 e. The highest BCUT2D eigenvalue weighted by Gasteiger charge is 2.20. The molecule has 0 heterocycles. The number of halogens is 1. The molecule has 0 aliphatic heterocycles. The van der Waals surface area contributed by atoms with Crippen molar-refractivity contribution < 1.29 is 9.72 Å². The Bertz CT molecular complexity index is 415. The monoisotopic (exact) mass is 213 g/mol. The number of rotatable bonds is 2. The molecule has 0 bridgehead atoms. The molecule has 0 aromatic heterocycles. The van der Waals surface area contributed by atoms with Gasteiger partial charge < -0.3 is 0 Å². The molecule has 4 nitrogen and oxygen atoms in total. The molecule has 0 spiro atoms. The number of aryl methyl sites for hydroxylation is 1. The third kappa shape index (κ3) is 1.75. The normalized spacial score (nSPS) is 9.93. The van der Waals surface area contributed by atoms with E-state index < -0.39 is 4.92 Å². The Hall–Kier alpha value is -1.42. The molecule has 0 N–H and O–H groups in total.